The highest BCUT2D eigenvalue weighted by atomic mass is 16.6. The first-order valence-corrected chi connectivity index (χ1v) is 26.4. The molecule has 0 amide bonds. The summed E-state index contributed by atoms with van der Waals surface area (Å²) in [4.78, 5) is 11.3. The number of carbonyl (C=O) groups excluding carboxylic acids is 1. The Morgan fingerprint density at radius 1 is 0.600 bits per heavy atom. The van der Waals surface area contributed by atoms with Crippen molar-refractivity contribution in [3.63, 3.8) is 0 Å². The first-order chi connectivity index (χ1) is 33.4. The predicted molar refractivity (Wildman–Crippen MR) is 289 cm³/mol. The molecule has 8 heteroatoms. The van der Waals surface area contributed by atoms with Crippen LogP contribution in [-0.4, -0.2) is 69.6 Å². The lowest BCUT2D eigenvalue weighted by molar-refractivity contribution is -0.142. The smallest absolute Gasteiger partial charge is 0.306 e. The number of esters is 1. The van der Waals surface area contributed by atoms with E-state index in [1.54, 1.807) is 0 Å². The molecule has 1 aliphatic rings. The Balaban J connectivity index is 0.000000305. The van der Waals surface area contributed by atoms with Crippen LogP contribution in [0.5, 0.6) is 11.5 Å². The van der Waals surface area contributed by atoms with E-state index in [2.05, 4.69) is 134 Å². The summed E-state index contributed by atoms with van der Waals surface area (Å²) in [5.41, 5.74) is 10.3. The molecular formula is C62H88O8. The number of cyclic esters (lactones) is 1. The van der Waals surface area contributed by atoms with Crippen LogP contribution in [0.15, 0.2) is 84.9 Å². The minimum absolute atomic E-state index is 0.0807. The molecule has 1 saturated heterocycles. The van der Waals surface area contributed by atoms with E-state index < -0.39 is 17.3 Å². The molecule has 8 nitrogen and oxygen atoms in total. The van der Waals surface area contributed by atoms with Crippen LogP contribution in [0, 0.1) is 27.7 Å². The van der Waals surface area contributed by atoms with Crippen molar-refractivity contribution >= 4 is 18.1 Å². The fourth-order valence-electron chi connectivity index (χ4n) is 9.95. The molecule has 1 fully saturated rings. The SMILES string of the molecule is CCC(O)(/C=C/c1ccc(C(CC)(CC)c2ccc(OC[C@H](O)CCCO)c(C)c2)cc1C)CC.CCC(O)(/C=C/c1ccc(C(CC)(CC)c2ccc(OC[C@H]3CCC(=O)O3)c(C)c2)cc1C)CC. The van der Waals surface area contributed by atoms with Crippen LogP contribution in [0.25, 0.3) is 12.2 Å². The summed E-state index contributed by atoms with van der Waals surface area (Å²) < 4.78 is 17.2. The highest BCUT2D eigenvalue weighted by molar-refractivity contribution is 5.71. The fraction of sp³-hybridized carbons (Fsp3) is 0.532. The summed E-state index contributed by atoms with van der Waals surface area (Å²) in [5, 5.41) is 40.2. The van der Waals surface area contributed by atoms with Crippen molar-refractivity contribution in [1.29, 1.82) is 0 Å². The molecule has 4 aromatic rings. The van der Waals surface area contributed by atoms with Gasteiger partial charge in [-0.2, -0.15) is 0 Å². The van der Waals surface area contributed by atoms with Gasteiger partial charge in [-0.05, 0) is 166 Å². The van der Waals surface area contributed by atoms with E-state index in [0.29, 0.717) is 51.6 Å². The summed E-state index contributed by atoms with van der Waals surface area (Å²) in [6.07, 6.45) is 16.3. The third kappa shape index (κ3) is 14.5. The largest absolute Gasteiger partial charge is 0.491 e. The lowest BCUT2D eigenvalue weighted by Crippen LogP contribution is -2.26. The third-order valence-corrected chi connectivity index (χ3v) is 15.6. The quantitative estimate of drug-likeness (QED) is 0.0484. The van der Waals surface area contributed by atoms with Crippen LogP contribution in [0.3, 0.4) is 0 Å². The standard InChI is InChI=1S/C31H42O4.C31H46O4/c1-7-30(33,8-2)18-17-24-11-12-25(19-22(24)5)31(9-3,10-4)26-13-15-28(23(6)20-26)34-21-27-14-16-29(32)35-27;1-7-30(34,8-2)18-17-25-13-14-26(20-23(25)5)31(9-3,10-4)27-15-16-29(24(6)21-27)35-22-28(33)12-11-19-32/h11-13,15,17-20,27,33H,7-10,14,16,21H2,1-6H3;13-18,20-21,28,32-34H,7-12,19,22H2,1-6H3/b2*18-17+/t27-;28-/m11/s1. The van der Waals surface area contributed by atoms with Crippen molar-refractivity contribution in [2.45, 2.75) is 194 Å². The van der Waals surface area contributed by atoms with Gasteiger partial charge in [-0.3, -0.25) is 4.79 Å². The number of hydrogen-bond acceptors (Lipinski definition) is 8. The molecule has 0 aromatic heterocycles. The van der Waals surface area contributed by atoms with Crippen LogP contribution in [-0.2, 0) is 20.4 Å². The van der Waals surface area contributed by atoms with Crippen LogP contribution in [0.1, 0.15) is 188 Å². The van der Waals surface area contributed by atoms with Gasteiger partial charge in [0.2, 0.25) is 0 Å². The number of aliphatic hydroxyl groups excluding tert-OH is 2. The summed E-state index contributed by atoms with van der Waals surface area (Å²) in [5.74, 6) is 1.49. The second-order valence-electron chi connectivity index (χ2n) is 19.8. The van der Waals surface area contributed by atoms with Gasteiger partial charge < -0.3 is 34.6 Å². The highest BCUT2D eigenvalue weighted by Crippen LogP contribution is 2.43. The van der Waals surface area contributed by atoms with Gasteiger partial charge in [0.25, 0.3) is 0 Å². The zero-order chi connectivity index (χ0) is 51.7. The third-order valence-electron chi connectivity index (χ3n) is 15.6. The summed E-state index contributed by atoms with van der Waals surface area (Å²) in [7, 11) is 0. The monoisotopic (exact) mass is 961 g/mol. The highest BCUT2D eigenvalue weighted by Gasteiger charge is 2.33. The first kappa shape index (κ1) is 57.8. The van der Waals surface area contributed by atoms with E-state index in [-0.39, 0.29) is 36.1 Å². The van der Waals surface area contributed by atoms with E-state index in [4.69, 9.17) is 19.3 Å². The van der Waals surface area contributed by atoms with Crippen molar-refractivity contribution < 1.29 is 39.4 Å². The minimum atomic E-state index is -0.752. The van der Waals surface area contributed by atoms with Gasteiger partial charge in [0, 0.05) is 23.9 Å². The molecule has 0 spiro atoms. The number of aryl methyl sites for hydroxylation is 4. The molecule has 0 unspecified atom stereocenters. The maximum Gasteiger partial charge on any atom is 0.306 e. The molecule has 4 N–H and O–H groups in total. The van der Waals surface area contributed by atoms with Gasteiger partial charge in [0.15, 0.2) is 0 Å². The number of hydrogen-bond donors (Lipinski definition) is 4. The van der Waals surface area contributed by atoms with Crippen molar-refractivity contribution in [2.24, 2.45) is 0 Å². The molecule has 0 saturated carbocycles. The van der Waals surface area contributed by atoms with E-state index >= 15 is 0 Å². The molecule has 384 valence electrons. The molecule has 1 heterocycles. The zero-order valence-electron chi connectivity index (χ0n) is 44.9. The lowest BCUT2D eigenvalue weighted by Gasteiger charge is -2.34. The molecule has 70 heavy (non-hydrogen) atoms. The molecule has 2 atom stereocenters. The van der Waals surface area contributed by atoms with E-state index in [9.17, 15) is 20.1 Å². The van der Waals surface area contributed by atoms with Gasteiger partial charge in [-0.1, -0.05) is 140 Å². The van der Waals surface area contributed by atoms with E-state index in [1.165, 1.54) is 33.4 Å². The average molecular weight is 961 g/mol. The van der Waals surface area contributed by atoms with Crippen LogP contribution >= 0.6 is 0 Å². The molecule has 0 aliphatic carbocycles. The van der Waals surface area contributed by atoms with Crippen molar-refractivity contribution in [1.82, 2.24) is 0 Å². The number of rotatable bonds is 25. The molecule has 5 rings (SSSR count). The Labute approximate surface area is 422 Å². The summed E-state index contributed by atoms with van der Waals surface area (Å²) >= 11 is 0. The molecule has 0 radical (unpaired) electrons. The van der Waals surface area contributed by atoms with Crippen molar-refractivity contribution in [3.8, 4) is 11.5 Å². The van der Waals surface area contributed by atoms with Gasteiger partial charge in [0.05, 0.1) is 17.3 Å². The Morgan fingerprint density at radius 2 is 1.00 bits per heavy atom. The summed E-state index contributed by atoms with van der Waals surface area (Å²) in [6, 6.07) is 26.3. The summed E-state index contributed by atoms with van der Waals surface area (Å²) in [6.45, 7) is 26.2. The number of carbonyl (C=O) groups is 1. The van der Waals surface area contributed by atoms with Gasteiger partial charge in [-0.25, -0.2) is 0 Å². The van der Waals surface area contributed by atoms with E-state index in [0.717, 1.165) is 65.9 Å². The normalized spacial score (nSPS) is 15.0. The molecule has 0 bridgehead atoms. The Kier molecular flexibility index (Phi) is 22.0. The van der Waals surface area contributed by atoms with Gasteiger partial charge >= 0.3 is 5.97 Å². The van der Waals surface area contributed by atoms with E-state index in [1.807, 2.05) is 45.9 Å². The topological polar surface area (TPSA) is 126 Å². The Bertz CT molecular complexity index is 2320. The number of ether oxygens (including phenoxy) is 3. The maximum atomic E-state index is 11.3. The van der Waals surface area contributed by atoms with Crippen LogP contribution in [0.2, 0.25) is 0 Å². The maximum absolute atomic E-state index is 11.3. The zero-order valence-corrected chi connectivity index (χ0v) is 44.9. The number of aliphatic hydroxyl groups is 4. The van der Waals surface area contributed by atoms with Crippen molar-refractivity contribution in [3.05, 3.63) is 141 Å². The molecule has 4 aromatic carbocycles. The Morgan fingerprint density at radius 3 is 1.34 bits per heavy atom. The predicted octanol–water partition coefficient (Wildman–Crippen LogP) is 13.5. The van der Waals surface area contributed by atoms with Crippen LogP contribution in [0.4, 0.5) is 0 Å². The fourth-order valence-corrected chi connectivity index (χ4v) is 9.95. The Hall–Kier alpha value is -4.73. The van der Waals surface area contributed by atoms with Crippen LogP contribution < -0.4 is 9.47 Å². The van der Waals surface area contributed by atoms with Gasteiger partial charge in [-0.15, -0.1) is 0 Å². The number of benzene rings is 4. The second-order valence-corrected chi connectivity index (χ2v) is 19.8. The minimum Gasteiger partial charge on any atom is -0.491 e. The lowest BCUT2D eigenvalue weighted by atomic mass is 9.70. The molecular weight excluding hydrogens is 873 g/mol. The van der Waals surface area contributed by atoms with Crippen molar-refractivity contribution in [2.75, 3.05) is 19.8 Å². The second kappa shape index (κ2) is 26.6. The average Bonchev–Trinajstić information content (AvgIpc) is 3.80. The molecule has 1 aliphatic heterocycles. The van der Waals surface area contributed by atoms with Gasteiger partial charge in [0.1, 0.15) is 30.8 Å². The first-order valence-electron chi connectivity index (χ1n) is 26.4.